The van der Waals surface area contributed by atoms with Crippen LogP contribution in [0.15, 0.2) is 36.0 Å². The minimum absolute atomic E-state index is 0.219. The number of pyridine rings is 1. The van der Waals surface area contributed by atoms with Crippen molar-refractivity contribution in [1.82, 2.24) is 9.97 Å². The number of carbonyl (C=O) groups excluding carboxylic acids is 1. The van der Waals surface area contributed by atoms with Gasteiger partial charge in [-0.2, -0.15) is 0 Å². The molecule has 1 saturated carbocycles. The second kappa shape index (κ2) is 7.96. The zero-order valence-electron chi connectivity index (χ0n) is 14.3. The summed E-state index contributed by atoms with van der Waals surface area (Å²) in [6, 6.07) is 3.25. The van der Waals surface area contributed by atoms with Crippen LogP contribution in [-0.4, -0.2) is 30.5 Å². The molecule has 2 aromatic heterocycles. The van der Waals surface area contributed by atoms with E-state index in [4.69, 9.17) is 0 Å². The van der Waals surface area contributed by atoms with Gasteiger partial charge in [0.1, 0.15) is 5.82 Å². The van der Waals surface area contributed by atoms with Crippen molar-refractivity contribution in [2.75, 3.05) is 16.3 Å². The molecule has 2 aromatic rings. The molecular weight excluding hydrogens is 372 g/mol. The summed E-state index contributed by atoms with van der Waals surface area (Å²) in [5.74, 6) is 0.343. The molecule has 2 heterocycles. The maximum atomic E-state index is 12.8. The summed E-state index contributed by atoms with van der Waals surface area (Å²) >= 11 is 1.35. The monoisotopic (exact) mass is 392 g/mol. The molecule has 0 unspecified atom stereocenters. The molecule has 7 nitrogen and oxygen atoms in total. The lowest BCUT2D eigenvalue weighted by Crippen LogP contribution is -2.15. The van der Waals surface area contributed by atoms with Crippen LogP contribution in [0.5, 0.6) is 0 Å². The Balaban J connectivity index is 1.86. The van der Waals surface area contributed by atoms with Gasteiger partial charge in [-0.05, 0) is 30.9 Å². The molecule has 0 aliphatic heterocycles. The molecule has 0 saturated heterocycles. The number of carbonyl (C=O) groups is 1. The molecule has 1 aliphatic rings. The normalized spacial score (nSPS) is 15.8. The molecule has 1 fully saturated rings. The third kappa shape index (κ3) is 5.12. The van der Waals surface area contributed by atoms with Crippen molar-refractivity contribution in [3.63, 3.8) is 0 Å². The fraction of sp³-hybridized carbons (Fsp3) is 0.353. The summed E-state index contributed by atoms with van der Waals surface area (Å²) in [6.45, 7) is 0. The molecule has 0 spiro atoms. The van der Waals surface area contributed by atoms with E-state index in [0.29, 0.717) is 22.2 Å². The van der Waals surface area contributed by atoms with E-state index in [0.717, 1.165) is 31.9 Å². The zero-order chi connectivity index (χ0) is 18.6. The van der Waals surface area contributed by atoms with Crippen LogP contribution in [0.4, 0.5) is 10.9 Å². The standard InChI is InChI=1S/C17H20N4O3S2/c1-26(23,24)21-15-7-6-13(11-19-15)14(10-12-4-2-3-5-12)16(22)20-17-18-8-9-25-17/h6-12H,2-5H2,1H3,(H,19,21)(H,18,20,22)/b14-10+. The van der Waals surface area contributed by atoms with E-state index in [2.05, 4.69) is 20.0 Å². The molecule has 0 radical (unpaired) electrons. The Hall–Kier alpha value is -2.26. The maximum Gasteiger partial charge on any atom is 0.257 e. The van der Waals surface area contributed by atoms with E-state index in [-0.39, 0.29) is 11.7 Å². The highest BCUT2D eigenvalue weighted by Crippen LogP contribution is 2.30. The highest BCUT2D eigenvalue weighted by molar-refractivity contribution is 7.92. The summed E-state index contributed by atoms with van der Waals surface area (Å²) in [5, 5.41) is 5.14. The van der Waals surface area contributed by atoms with E-state index in [1.807, 2.05) is 6.08 Å². The van der Waals surface area contributed by atoms with Crippen LogP contribution in [0.1, 0.15) is 31.2 Å². The Bertz CT molecular complexity index is 885. The SMILES string of the molecule is CS(=O)(=O)Nc1ccc(/C(=C\C2CCCC2)C(=O)Nc2nccs2)cn1. The van der Waals surface area contributed by atoms with Crippen molar-refractivity contribution in [2.24, 2.45) is 5.92 Å². The van der Waals surface area contributed by atoms with Gasteiger partial charge in [0, 0.05) is 28.9 Å². The second-order valence-electron chi connectivity index (χ2n) is 6.22. The summed E-state index contributed by atoms with van der Waals surface area (Å²) in [7, 11) is -3.39. The quantitative estimate of drug-likeness (QED) is 0.736. The van der Waals surface area contributed by atoms with E-state index in [1.54, 1.807) is 23.7 Å². The van der Waals surface area contributed by atoms with Crippen molar-refractivity contribution < 1.29 is 13.2 Å². The fourth-order valence-electron chi connectivity index (χ4n) is 2.92. The zero-order valence-corrected chi connectivity index (χ0v) is 15.9. The number of thiazole rings is 1. The first-order chi connectivity index (χ1) is 12.4. The Morgan fingerprint density at radius 2 is 2.04 bits per heavy atom. The topological polar surface area (TPSA) is 101 Å². The number of allylic oxidation sites excluding steroid dienone is 1. The summed E-state index contributed by atoms with van der Waals surface area (Å²) in [6.07, 6.45) is 10.7. The van der Waals surface area contributed by atoms with Gasteiger partial charge in [-0.15, -0.1) is 11.3 Å². The van der Waals surface area contributed by atoms with Gasteiger partial charge in [0.15, 0.2) is 5.13 Å². The molecule has 0 aromatic carbocycles. The number of hydrogen-bond donors (Lipinski definition) is 2. The van der Waals surface area contributed by atoms with Crippen molar-refractivity contribution >= 4 is 43.8 Å². The van der Waals surface area contributed by atoms with Gasteiger partial charge in [-0.25, -0.2) is 18.4 Å². The molecule has 0 bridgehead atoms. The van der Waals surface area contributed by atoms with E-state index in [9.17, 15) is 13.2 Å². The van der Waals surface area contributed by atoms with Crippen LogP contribution in [0.25, 0.3) is 5.57 Å². The van der Waals surface area contributed by atoms with Gasteiger partial charge in [0.05, 0.1) is 6.26 Å². The first-order valence-electron chi connectivity index (χ1n) is 8.27. The number of amides is 1. The largest absolute Gasteiger partial charge is 0.298 e. The van der Waals surface area contributed by atoms with Crippen LogP contribution in [0.3, 0.4) is 0 Å². The average Bonchev–Trinajstić information content (AvgIpc) is 3.25. The van der Waals surface area contributed by atoms with Crippen LogP contribution < -0.4 is 10.0 Å². The van der Waals surface area contributed by atoms with Gasteiger partial charge in [0.2, 0.25) is 10.0 Å². The predicted octanol–water partition coefficient (Wildman–Crippen LogP) is 3.12. The number of nitrogens with one attached hydrogen (secondary N) is 2. The molecule has 3 rings (SSSR count). The van der Waals surface area contributed by atoms with Gasteiger partial charge < -0.3 is 0 Å². The summed E-state index contributed by atoms with van der Waals surface area (Å²) in [4.78, 5) is 21.0. The minimum atomic E-state index is -3.39. The maximum absolute atomic E-state index is 12.8. The van der Waals surface area contributed by atoms with E-state index in [1.165, 1.54) is 17.5 Å². The minimum Gasteiger partial charge on any atom is -0.298 e. The number of hydrogen-bond acceptors (Lipinski definition) is 6. The molecule has 26 heavy (non-hydrogen) atoms. The van der Waals surface area contributed by atoms with Crippen LogP contribution >= 0.6 is 11.3 Å². The molecule has 0 atom stereocenters. The number of sulfonamides is 1. The highest BCUT2D eigenvalue weighted by Gasteiger charge is 2.19. The van der Waals surface area contributed by atoms with E-state index >= 15 is 0 Å². The average molecular weight is 393 g/mol. The molecule has 1 aliphatic carbocycles. The smallest absolute Gasteiger partial charge is 0.257 e. The lowest BCUT2D eigenvalue weighted by molar-refractivity contribution is -0.111. The number of rotatable bonds is 6. The molecule has 138 valence electrons. The highest BCUT2D eigenvalue weighted by atomic mass is 32.2. The van der Waals surface area contributed by atoms with Crippen LogP contribution in [0, 0.1) is 5.92 Å². The number of anilines is 2. The second-order valence-corrected chi connectivity index (χ2v) is 8.87. The molecule has 1 amide bonds. The Kier molecular flexibility index (Phi) is 5.67. The lowest BCUT2D eigenvalue weighted by atomic mass is 9.99. The fourth-order valence-corrected chi connectivity index (χ4v) is 3.94. The molecule has 2 N–H and O–H groups in total. The van der Waals surface area contributed by atoms with Crippen molar-refractivity contribution in [3.8, 4) is 0 Å². The Labute approximate surface area is 156 Å². The lowest BCUT2D eigenvalue weighted by Gasteiger charge is -2.11. The number of aromatic nitrogens is 2. The van der Waals surface area contributed by atoms with Crippen molar-refractivity contribution in [1.29, 1.82) is 0 Å². The van der Waals surface area contributed by atoms with E-state index < -0.39 is 10.0 Å². The Morgan fingerprint density at radius 1 is 1.27 bits per heavy atom. The van der Waals surface area contributed by atoms with Gasteiger partial charge in [-0.1, -0.05) is 18.9 Å². The third-order valence-corrected chi connectivity index (χ3v) is 5.33. The van der Waals surface area contributed by atoms with Crippen molar-refractivity contribution in [3.05, 3.63) is 41.5 Å². The van der Waals surface area contributed by atoms with Crippen LogP contribution in [-0.2, 0) is 14.8 Å². The van der Waals surface area contributed by atoms with Gasteiger partial charge in [-0.3, -0.25) is 14.8 Å². The number of nitrogens with zero attached hydrogens (tertiary/aromatic N) is 2. The first kappa shape index (κ1) is 18.5. The summed E-state index contributed by atoms with van der Waals surface area (Å²) in [5.41, 5.74) is 1.18. The Morgan fingerprint density at radius 3 is 2.62 bits per heavy atom. The van der Waals surface area contributed by atoms with Gasteiger partial charge in [0.25, 0.3) is 5.91 Å². The summed E-state index contributed by atoms with van der Waals surface area (Å²) < 4.78 is 24.9. The predicted molar refractivity (Wildman–Crippen MR) is 103 cm³/mol. The first-order valence-corrected chi connectivity index (χ1v) is 11.0. The van der Waals surface area contributed by atoms with Crippen molar-refractivity contribution in [2.45, 2.75) is 25.7 Å². The third-order valence-electron chi connectivity index (χ3n) is 4.06. The van der Waals surface area contributed by atoms with Gasteiger partial charge >= 0.3 is 0 Å². The van der Waals surface area contributed by atoms with Crippen LogP contribution in [0.2, 0.25) is 0 Å². The molecule has 9 heteroatoms. The molecular formula is C17H20N4O3S2.